The van der Waals surface area contributed by atoms with Gasteiger partial charge in [-0.15, -0.1) is 10.2 Å². The number of carbonyl (C=O) groups is 1. The highest BCUT2D eigenvalue weighted by molar-refractivity contribution is 5.84. The van der Waals surface area contributed by atoms with Crippen LogP contribution in [0.4, 0.5) is 4.39 Å². The summed E-state index contributed by atoms with van der Waals surface area (Å²) in [7, 11) is 0. The molecule has 18 heavy (non-hydrogen) atoms. The summed E-state index contributed by atoms with van der Waals surface area (Å²) in [5, 5.41) is 15.8. The van der Waals surface area contributed by atoms with Crippen molar-refractivity contribution in [2.24, 2.45) is 0 Å². The van der Waals surface area contributed by atoms with Gasteiger partial charge in [-0.2, -0.15) is 0 Å². The molecule has 0 aliphatic carbocycles. The zero-order chi connectivity index (χ0) is 13.1. The van der Waals surface area contributed by atoms with Crippen LogP contribution in [0.3, 0.4) is 0 Å². The monoisotopic (exact) mass is 248 g/mol. The van der Waals surface area contributed by atoms with Gasteiger partial charge in [0.2, 0.25) is 11.8 Å². The number of rotatable bonds is 3. The van der Waals surface area contributed by atoms with Gasteiger partial charge in [0.15, 0.2) is 0 Å². The Balaban J connectivity index is 2.29. The van der Waals surface area contributed by atoms with Crippen LogP contribution in [0.5, 0.6) is 0 Å². The Morgan fingerprint density at radius 1 is 1.44 bits per heavy atom. The van der Waals surface area contributed by atoms with Gasteiger partial charge in [-0.1, -0.05) is 6.07 Å². The van der Waals surface area contributed by atoms with Crippen molar-refractivity contribution in [2.75, 3.05) is 0 Å². The molecule has 1 N–H and O–H groups in total. The smallest absolute Gasteiger partial charge is 0.328 e. The molecule has 0 spiro atoms. The van der Waals surface area contributed by atoms with Gasteiger partial charge in [0.1, 0.15) is 5.82 Å². The summed E-state index contributed by atoms with van der Waals surface area (Å²) in [5.41, 5.74) is 0.963. The molecule has 0 atom stereocenters. The van der Waals surface area contributed by atoms with E-state index in [1.54, 1.807) is 19.1 Å². The number of benzene rings is 1. The lowest BCUT2D eigenvalue weighted by molar-refractivity contribution is -0.131. The van der Waals surface area contributed by atoms with Crippen LogP contribution >= 0.6 is 0 Å². The number of nitrogens with zero attached hydrogens (tertiary/aromatic N) is 2. The quantitative estimate of drug-likeness (QED) is 0.843. The molecule has 5 nitrogen and oxygen atoms in total. The second-order valence-electron chi connectivity index (χ2n) is 3.58. The van der Waals surface area contributed by atoms with Crippen molar-refractivity contribution >= 4 is 12.0 Å². The summed E-state index contributed by atoms with van der Waals surface area (Å²) in [4.78, 5) is 10.3. The molecule has 1 aromatic heterocycles. The Labute approximate surface area is 102 Å². The van der Waals surface area contributed by atoms with Crippen molar-refractivity contribution in [2.45, 2.75) is 6.92 Å². The van der Waals surface area contributed by atoms with Crippen LogP contribution < -0.4 is 0 Å². The molecule has 2 rings (SSSR count). The maximum atomic E-state index is 13.3. The lowest BCUT2D eigenvalue weighted by Crippen LogP contribution is -1.85. The van der Waals surface area contributed by atoms with Gasteiger partial charge < -0.3 is 9.52 Å². The van der Waals surface area contributed by atoms with E-state index in [-0.39, 0.29) is 17.6 Å². The van der Waals surface area contributed by atoms with Gasteiger partial charge >= 0.3 is 5.97 Å². The summed E-state index contributed by atoms with van der Waals surface area (Å²) in [5.74, 6) is -1.29. The molecule has 0 radical (unpaired) electrons. The molecule has 0 fully saturated rings. The van der Waals surface area contributed by atoms with Crippen LogP contribution in [0.1, 0.15) is 11.5 Å². The van der Waals surface area contributed by atoms with E-state index < -0.39 is 5.97 Å². The Kier molecular flexibility index (Phi) is 3.18. The highest BCUT2D eigenvalue weighted by atomic mass is 19.1. The highest BCUT2D eigenvalue weighted by Gasteiger charge is 2.08. The molecule has 2 aromatic rings. The molecule has 0 saturated heterocycles. The topological polar surface area (TPSA) is 76.2 Å². The van der Waals surface area contributed by atoms with Crippen molar-refractivity contribution < 1.29 is 18.7 Å². The molecule has 0 unspecified atom stereocenters. The molecular formula is C12H9FN2O3. The third-order valence-corrected chi connectivity index (χ3v) is 2.23. The molecule has 0 aliphatic rings. The fraction of sp³-hybridized carbons (Fsp3) is 0.0833. The predicted octanol–water partition coefficient (Wildman–Crippen LogP) is 2.28. The van der Waals surface area contributed by atoms with E-state index in [0.717, 1.165) is 6.08 Å². The van der Waals surface area contributed by atoms with Crippen molar-refractivity contribution in [3.63, 3.8) is 0 Å². The Morgan fingerprint density at radius 3 is 2.89 bits per heavy atom. The summed E-state index contributed by atoms with van der Waals surface area (Å²) in [6, 6.07) is 4.53. The van der Waals surface area contributed by atoms with Gasteiger partial charge in [-0.3, -0.25) is 0 Å². The summed E-state index contributed by atoms with van der Waals surface area (Å²) in [6.07, 6.45) is 2.05. The normalized spacial score (nSPS) is 11.0. The number of hydrogen-bond acceptors (Lipinski definition) is 4. The minimum Gasteiger partial charge on any atom is -0.478 e. The molecule has 6 heteroatoms. The molecule has 1 aromatic carbocycles. The van der Waals surface area contributed by atoms with Crippen molar-refractivity contribution in [1.29, 1.82) is 0 Å². The van der Waals surface area contributed by atoms with Gasteiger partial charge in [0.05, 0.1) is 0 Å². The highest BCUT2D eigenvalue weighted by Crippen LogP contribution is 2.20. The molecule has 1 heterocycles. The van der Waals surface area contributed by atoms with E-state index in [0.29, 0.717) is 11.1 Å². The van der Waals surface area contributed by atoms with Gasteiger partial charge in [0, 0.05) is 17.7 Å². The molecule has 0 bridgehead atoms. The van der Waals surface area contributed by atoms with E-state index >= 15 is 0 Å². The van der Waals surface area contributed by atoms with Crippen LogP contribution in [0.15, 0.2) is 28.7 Å². The fourth-order valence-electron chi connectivity index (χ4n) is 1.29. The first-order chi connectivity index (χ1) is 8.56. The zero-order valence-electron chi connectivity index (χ0n) is 9.42. The third-order valence-electron chi connectivity index (χ3n) is 2.23. The van der Waals surface area contributed by atoms with E-state index in [4.69, 9.17) is 9.52 Å². The minimum atomic E-state index is -1.11. The molecule has 0 aliphatic heterocycles. The van der Waals surface area contributed by atoms with Crippen molar-refractivity contribution in [3.05, 3.63) is 41.5 Å². The van der Waals surface area contributed by atoms with E-state index in [9.17, 15) is 9.18 Å². The van der Waals surface area contributed by atoms with E-state index in [1.165, 1.54) is 12.1 Å². The molecule has 92 valence electrons. The van der Waals surface area contributed by atoms with Crippen LogP contribution in [-0.4, -0.2) is 21.3 Å². The summed E-state index contributed by atoms with van der Waals surface area (Å²) < 4.78 is 18.5. The maximum absolute atomic E-state index is 13.3. The SMILES string of the molecule is Cc1ccc(-c2nnc(/C=C/C(=O)O)o2)cc1F. The van der Waals surface area contributed by atoms with Crippen molar-refractivity contribution in [3.8, 4) is 11.5 Å². The largest absolute Gasteiger partial charge is 0.478 e. The number of aliphatic carboxylic acids is 1. The van der Waals surface area contributed by atoms with Crippen molar-refractivity contribution in [1.82, 2.24) is 10.2 Å². The number of halogens is 1. The van der Waals surface area contributed by atoms with Gasteiger partial charge in [0.25, 0.3) is 0 Å². The Bertz CT molecular complexity index is 620. The average Bonchev–Trinajstić information content (AvgIpc) is 2.79. The first kappa shape index (κ1) is 12.0. The van der Waals surface area contributed by atoms with Crippen LogP contribution in [0.25, 0.3) is 17.5 Å². The summed E-state index contributed by atoms with van der Waals surface area (Å²) in [6.45, 7) is 1.65. The number of carboxylic acids is 1. The molecule has 0 saturated carbocycles. The van der Waals surface area contributed by atoms with Crippen LogP contribution in [0.2, 0.25) is 0 Å². The lowest BCUT2D eigenvalue weighted by atomic mass is 10.1. The van der Waals surface area contributed by atoms with Crippen LogP contribution in [-0.2, 0) is 4.79 Å². The number of hydrogen-bond donors (Lipinski definition) is 1. The fourth-order valence-corrected chi connectivity index (χ4v) is 1.29. The first-order valence-electron chi connectivity index (χ1n) is 5.07. The van der Waals surface area contributed by atoms with Gasteiger partial charge in [-0.05, 0) is 24.6 Å². The maximum Gasteiger partial charge on any atom is 0.328 e. The number of aromatic nitrogens is 2. The average molecular weight is 248 g/mol. The minimum absolute atomic E-state index is 0.0494. The number of carboxylic acid groups (broad SMARTS) is 1. The van der Waals surface area contributed by atoms with E-state index in [1.807, 2.05) is 0 Å². The first-order valence-corrected chi connectivity index (χ1v) is 5.07. The Morgan fingerprint density at radius 2 is 2.22 bits per heavy atom. The second-order valence-corrected chi connectivity index (χ2v) is 3.58. The van der Waals surface area contributed by atoms with Crippen LogP contribution in [0, 0.1) is 12.7 Å². The van der Waals surface area contributed by atoms with E-state index in [2.05, 4.69) is 10.2 Å². The van der Waals surface area contributed by atoms with Gasteiger partial charge in [-0.25, -0.2) is 9.18 Å². The third kappa shape index (κ3) is 2.60. The standard InChI is InChI=1S/C12H9FN2O3/c1-7-2-3-8(6-9(7)13)12-15-14-10(18-12)4-5-11(16)17/h2-6H,1H3,(H,16,17)/b5-4+. The zero-order valence-corrected chi connectivity index (χ0v) is 9.42. The number of aryl methyl sites for hydroxylation is 1. The predicted molar refractivity (Wildman–Crippen MR) is 61.1 cm³/mol. The summed E-state index contributed by atoms with van der Waals surface area (Å²) >= 11 is 0. The molecular weight excluding hydrogens is 239 g/mol. The lowest BCUT2D eigenvalue weighted by Gasteiger charge is -1.97. The second kappa shape index (κ2) is 4.79. The Hall–Kier alpha value is -2.50. The molecule has 0 amide bonds.